The van der Waals surface area contributed by atoms with Gasteiger partial charge in [0.1, 0.15) is 16.4 Å². The molecule has 0 amide bonds. The van der Waals surface area contributed by atoms with Crippen LogP contribution in [0.3, 0.4) is 0 Å². The number of rotatable bonds is 3. The van der Waals surface area contributed by atoms with Crippen molar-refractivity contribution in [2.45, 2.75) is 11.8 Å². The summed E-state index contributed by atoms with van der Waals surface area (Å²) in [4.78, 5) is 12.7. The first-order valence-electron chi connectivity index (χ1n) is 9.07. The second kappa shape index (κ2) is 7.22. The van der Waals surface area contributed by atoms with Gasteiger partial charge in [0.05, 0.1) is 4.90 Å². The SMILES string of the molecule is CNc1ccc(C=CC2=C/C(=C3/C(=O)c4ccccc4S3(=O)=O)C=C(C)O2)cc1. The van der Waals surface area contributed by atoms with Gasteiger partial charge in [-0.3, -0.25) is 4.79 Å². The summed E-state index contributed by atoms with van der Waals surface area (Å²) in [5.41, 5.74) is 2.51. The lowest BCUT2D eigenvalue weighted by atomic mass is 10.1. The molecular formula is C23H19NO4S. The van der Waals surface area contributed by atoms with Crippen molar-refractivity contribution in [3.05, 3.63) is 99.9 Å². The lowest BCUT2D eigenvalue weighted by molar-refractivity contribution is 0.104. The van der Waals surface area contributed by atoms with Crippen molar-refractivity contribution in [3.8, 4) is 0 Å². The van der Waals surface area contributed by atoms with Gasteiger partial charge in [0.2, 0.25) is 15.6 Å². The Kier molecular flexibility index (Phi) is 4.72. The third-order valence-electron chi connectivity index (χ3n) is 4.73. The van der Waals surface area contributed by atoms with Crippen LogP contribution in [-0.2, 0) is 14.6 Å². The van der Waals surface area contributed by atoms with E-state index >= 15 is 0 Å². The molecule has 0 atom stereocenters. The standard InChI is InChI=1S/C23H19NO4S/c1-15-13-17(23-22(25)20-5-3-4-6-21(20)29(23,26)27)14-19(28-15)12-9-16-7-10-18(24-2)11-8-16/h3-14,24H,1-2H3/b12-9?,23-17-. The number of ether oxygens (including phenoxy) is 1. The predicted octanol–water partition coefficient (Wildman–Crippen LogP) is 4.48. The maximum Gasteiger partial charge on any atom is 0.211 e. The second-order valence-corrected chi connectivity index (χ2v) is 8.58. The van der Waals surface area contributed by atoms with Crippen LogP contribution >= 0.6 is 0 Å². The quantitative estimate of drug-likeness (QED) is 0.762. The Labute approximate surface area is 169 Å². The molecule has 0 saturated carbocycles. The molecule has 146 valence electrons. The van der Waals surface area contributed by atoms with Gasteiger partial charge in [-0.15, -0.1) is 0 Å². The highest BCUT2D eigenvalue weighted by atomic mass is 32.2. The summed E-state index contributed by atoms with van der Waals surface area (Å²) in [6, 6.07) is 14.1. The van der Waals surface area contributed by atoms with E-state index in [4.69, 9.17) is 4.74 Å². The van der Waals surface area contributed by atoms with Crippen LogP contribution in [0.25, 0.3) is 6.08 Å². The number of hydrogen-bond donors (Lipinski definition) is 1. The molecule has 2 aromatic rings. The van der Waals surface area contributed by atoms with Crippen molar-refractivity contribution in [2.75, 3.05) is 12.4 Å². The van der Waals surface area contributed by atoms with E-state index in [1.807, 2.05) is 37.4 Å². The number of fused-ring (bicyclic) bond motifs is 1. The van der Waals surface area contributed by atoms with Gasteiger partial charge in [-0.05, 0) is 55.0 Å². The van der Waals surface area contributed by atoms with Gasteiger partial charge < -0.3 is 10.1 Å². The zero-order chi connectivity index (χ0) is 20.6. The average Bonchev–Trinajstić information content (AvgIpc) is 2.92. The van der Waals surface area contributed by atoms with Gasteiger partial charge in [-0.25, -0.2) is 8.42 Å². The molecule has 0 unspecified atom stereocenters. The zero-order valence-electron chi connectivity index (χ0n) is 16.0. The molecule has 4 rings (SSSR count). The van der Waals surface area contributed by atoms with E-state index < -0.39 is 15.6 Å². The maximum absolute atomic E-state index is 12.9. The first-order valence-corrected chi connectivity index (χ1v) is 10.6. The number of hydrogen-bond acceptors (Lipinski definition) is 5. The molecule has 0 spiro atoms. The molecule has 0 aromatic heterocycles. The fourth-order valence-electron chi connectivity index (χ4n) is 3.34. The molecule has 2 aliphatic heterocycles. The second-order valence-electron chi connectivity index (χ2n) is 6.72. The minimum absolute atomic E-state index is 0.0557. The molecule has 29 heavy (non-hydrogen) atoms. The molecule has 2 aliphatic rings. The number of carbonyl (C=O) groups excluding carboxylic acids is 1. The van der Waals surface area contributed by atoms with Crippen molar-refractivity contribution in [3.63, 3.8) is 0 Å². The van der Waals surface area contributed by atoms with Crippen molar-refractivity contribution in [2.24, 2.45) is 0 Å². The highest BCUT2D eigenvalue weighted by Crippen LogP contribution is 2.38. The minimum atomic E-state index is -3.86. The highest BCUT2D eigenvalue weighted by Gasteiger charge is 2.40. The Morgan fingerprint density at radius 3 is 2.38 bits per heavy atom. The largest absolute Gasteiger partial charge is 0.462 e. The van der Waals surface area contributed by atoms with Crippen LogP contribution < -0.4 is 5.32 Å². The van der Waals surface area contributed by atoms with E-state index in [0.717, 1.165) is 11.3 Å². The first-order chi connectivity index (χ1) is 13.9. The number of sulfone groups is 1. The molecule has 0 radical (unpaired) electrons. The van der Waals surface area contributed by atoms with Crippen LogP contribution in [0.1, 0.15) is 22.8 Å². The fraction of sp³-hybridized carbons (Fsp3) is 0.0870. The van der Waals surface area contributed by atoms with Crippen LogP contribution in [0.4, 0.5) is 5.69 Å². The minimum Gasteiger partial charge on any atom is -0.462 e. The summed E-state index contributed by atoms with van der Waals surface area (Å²) in [5.74, 6) is 0.493. The molecule has 6 heteroatoms. The summed E-state index contributed by atoms with van der Waals surface area (Å²) in [7, 11) is -2.01. The molecule has 1 N–H and O–H groups in total. The van der Waals surface area contributed by atoms with Crippen LogP contribution in [0.15, 0.2) is 93.7 Å². The predicted molar refractivity (Wildman–Crippen MR) is 113 cm³/mol. The van der Waals surface area contributed by atoms with Crippen molar-refractivity contribution < 1.29 is 17.9 Å². The molecule has 2 aromatic carbocycles. The number of benzene rings is 2. The zero-order valence-corrected chi connectivity index (χ0v) is 16.8. The average molecular weight is 405 g/mol. The Morgan fingerprint density at radius 2 is 1.69 bits per heavy atom. The van der Waals surface area contributed by atoms with Crippen LogP contribution in [0.2, 0.25) is 0 Å². The molecular weight excluding hydrogens is 386 g/mol. The van der Waals surface area contributed by atoms with Gasteiger partial charge in [-0.1, -0.05) is 30.3 Å². The van der Waals surface area contributed by atoms with Gasteiger partial charge >= 0.3 is 0 Å². The number of anilines is 1. The van der Waals surface area contributed by atoms with Gasteiger partial charge in [0.25, 0.3) is 0 Å². The third kappa shape index (κ3) is 3.43. The number of allylic oxidation sites excluding steroid dienone is 6. The lowest BCUT2D eigenvalue weighted by Crippen LogP contribution is -2.08. The van der Waals surface area contributed by atoms with Crippen molar-refractivity contribution >= 4 is 27.4 Å². The summed E-state index contributed by atoms with van der Waals surface area (Å²) < 4.78 is 31.6. The van der Waals surface area contributed by atoms with Crippen LogP contribution in [-0.4, -0.2) is 21.2 Å². The van der Waals surface area contributed by atoms with E-state index in [1.54, 1.807) is 37.3 Å². The van der Waals surface area contributed by atoms with E-state index in [2.05, 4.69) is 5.32 Å². The number of ketones is 1. The molecule has 0 aliphatic carbocycles. The Hall–Kier alpha value is -3.38. The summed E-state index contributed by atoms with van der Waals surface area (Å²) >= 11 is 0. The summed E-state index contributed by atoms with van der Waals surface area (Å²) in [5, 5.41) is 3.06. The van der Waals surface area contributed by atoms with E-state index in [9.17, 15) is 13.2 Å². The Morgan fingerprint density at radius 1 is 0.966 bits per heavy atom. The van der Waals surface area contributed by atoms with E-state index in [1.165, 1.54) is 12.1 Å². The maximum atomic E-state index is 12.9. The van der Waals surface area contributed by atoms with E-state index in [-0.39, 0.29) is 15.4 Å². The lowest BCUT2D eigenvalue weighted by Gasteiger charge is -2.14. The summed E-state index contributed by atoms with van der Waals surface area (Å²) in [6.45, 7) is 1.72. The Balaban J connectivity index is 1.74. The van der Waals surface area contributed by atoms with Crippen molar-refractivity contribution in [1.29, 1.82) is 0 Å². The Bertz CT molecular complexity index is 1230. The number of nitrogens with one attached hydrogen (secondary N) is 1. The smallest absolute Gasteiger partial charge is 0.211 e. The molecule has 0 bridgehead atoms. The monoisotopic (exact) mass is 405 g/mol. The van der Waals surface area contributed by atoms with Gasteiger partial charge in [0.15, 0.2) is 0 Å². The molecule has 5 nitrogen and oxygen atoms in total. The topological polar surface area (TPSA) is 72.5 Å². The molecule has 0 saturated heterocycles. The fourth-order valence-corrected chi connectivity index (χ4v) is 5.05. The van der Waals surface area contributed by atoms with E-state index in [0.29, 0.717) is 17.1 Å². The first kappa shape index (κ1) is 19.0. The van der Waals surface area contributed by atoms with Crippen molar-refractivity contribution in [1.82, 2.24) is 0 Å². The van der Waals surface area contributed by atoms with Crippen LogP contribution in [0, 0.1) is 0 Å². The third-order valence-corrected chi connectivity index (χ3v) is 6.63. The molecule has 2 heterocycles. The van der Waals surface area contributed by atoms with Gasteiger partial charge in [-0.2, -0.15) is 0 Å². The van der Waals surface area contributed by atoms with Crippen LogP contribution in [0.5, 0.6) is 0 Å². The summed E-state index contributed by atoms with van der Waals surface area (Å²) in [6.07, 6.45) is 6.79. The highest BCUT2D eigenvalue weighted by molar-refractivity contribution is 7.97. The molecule has 0 fully saturated rings. The number of Topliss-reactive ketones (excluding diaryl/α,β-unsaturated/α-hetero) is 1. The normalized spacial score (nSPS) is 20.1. The number of carbonyl (C=O) groups is 1. The van der Waals surface area contributed by atoms with Gasteiger partial charge in [0, 0.05) is 23.9 Å².